The number of allylic oxidation sites excluding steroid dienone is 1. The largest absolute Gasteiger partial charge is 0.372 e. The van der Waals surface area contributed by atoms with Gasteiger partial charge in [0, 0.05) is 19.6 Å². The number of hydrogen-bond donors (Lipinski definition) is 1. The van der Waals surface area contributed by atoms with E-state index >= 15 is 0 Å². The molecule has 1 heterocycles. The molecule has 0 atom stereocenters. The zero-order chi connectivity index (χ0) is 9.84. The van der Waals surface area contributed by atoms with Gasteiger partial charge in [-0.1, -0.05) is 19.2 Å². The van der Waals surface area contributed by atoms with Crippen molar-refractivity contribution in [2.45, 2.75) is 13.8 Å². The Kier molecular flexibility index (Phi) is 3.18. The van der Waals surface area contributed by atoms with E-state index in [0.29, 0.717) is 0 Å². The van der Waals surface area contributed by atoms with Gasteiger partial charge in [-0.15, -0.1) is 0 Å². The zero-order valence-electron chi connectivity index (χ0n) is 8.56. The highest BCUT2D eigenvalue weighted by Gasteiger charge is 2.19. The average Bonchev–Trinajstić information content (AvgIpc) is 2.47. The van der Waals surface area contributed by atoms with Gasteiger partial charge in [-0.3, -0.25) is 0 Å². The lowest BCUT2D eigenvalue weighted by Gasteiger charge is -2.20. The molecule has 0 unspecified atom stereocenters. The van der Waals surface area contributed by atoms with Crippen LogP contribution in [0, 0.1) is 0 Å². The van der Waals surface area contributed by atoms with Gasteiger partial charge < -0.3 is 10.2 Å². The number of nitrogens with zero attached hydrogens (tertiary/aromatic N) is 1. The third kappa shape index (κ3) is 2.14. The molecule has 72 valence electrons. The predicted molar refractivity (Wildman–Crippen MR) is 57.3 cm³/mol. The highest BCUT2D eigenvalue weighted by atomic mass is 15.2. The Hall–Kier alpha value is -1.18. The first-order valence-corrected chi connectivity index (χ1v) is 4.70. The van der Waals surface area contributed by atoms with Gasteiger partial charge in [-0.25, -0.2) is 0 Å². The van der Waals surface area contributed by atoms with Crippen LogP contribution in [0.1, 0.15) is 13.8 Å². The van der Waals surface area contributed by atoms with Gasteiger partial charge in [-0.2, -0.15) is 0 Å². The van der Waals surface area contributed by atoms with E-state index in [1.807, 2.05) is 0 Å². The van der Waals surface area contributed by atoms with Crippen LogP contribution in [0.3, 0.4) is 0 Å². The molecule has 1 saturated heterocycles. The van der Waals surface area contributed by atoms with Crippen LogP contribution in [0.2, 0.25) is 0 Å². The molecular weight excluding hydrogens is 160 g/mol. The minimum atomic E-state index is 0.908. The van der Waals surface area contributed by atoms with E-state index in [4.69, 9.17) is 0 Å². The standard InChI is InChI=1S/C11H18N2/c1-5-11-8-13(7-9(11)3)10(4)12-6-2/h5,12H,3-4,6-8H2,1-2H3/b11-5-. The van der Waals surface area contributed by atoms with E-state index in [9.17, 15) is 0 Å². The fourth-order valence-electron chi connectivity index (χ4n) is 1.51. The molecule has 0 spiro atoms. The maximum atomic E-state index is 4.02. The monoisotopic (exact) mass is 178 g/mol. The summed E-state index contributed by atoms with van der Waals surface area (Å²) in [6.45, 7) is 14.9. The molecule has 0 amide bonds. The van der Waals surface area contributed by atoms with Crippen molar-refractivity contribution >= 4 is 0 Å². The normalized spacial score (nSPS) is 19.7. The Morgan fingerprint density at radius 3 is 2.77 bits per heavy atom. The van der Waals surface area contributed by atoms with Gasteiger partial charge in [-0.05, 0) is 25.0 Å². The van der Waals surface area contributed by atoms with E-state index in [0.717, 1.165) is 25.5 Å². The van der Waals surface area contributed by atoms with Crippen molar-refractivity contribution in [3.05, 3.63) is 36.2 Å². The van der Waals surface area contributed by atoms with Crippen molar-refractivity contribution in [3.63, 3.8) is 0 Å². The summed E-state index contributed by atoms with van der Waals surface area (Å²) in [4.78, 5) is 2.21. The fraction of sp³-hybridized carbons (Fsp3) is 0.455. The molecule has 0 aromatic heterocycles. The van der Waals surface area contributed by atoms with Gasteiger partial charge in [0.2, 0.25) is 0 Å². The second-order valence-corrected chi connectivity index (χ2v) is 3.25. The van der Waals surface area contributed by atoms with Crippen molar-refractivity contribution in [2.24, 2.45) is 0 Å². The van der Waals surface area contributed by atoms with E-state index in [1.165, 1.54) is 11.1 Å². The molecule has 1 N–H and O–H groups in total. The summed E-state index contributed by atoms with van der Waals surface area (Å²) in [5.41, 5.74) is 2.54. The second-order valence-electron chi connectivity index (χ2n) is 3.25. The molecule has 0 aliphatic carbocycles. The third-order valence-corrected chi connectivity index (χ3v) is 2.31. The van der Waals surface area contributed by atoms with E-state index in [2.05, 4.69) is 43.3 Å². The SMILES string of the molecule is C=C1CN(C(=C)NCC)C/C1=C/C. The summed E-state index contributed by atoms with van der Waals surface area (Å²) >= 11 is 0. The molecular formula is C11H18N2. The highest BCUT2D eigenvalue weighted by molar-refractivity contribution is 5.36. The van der Waals surface area contributed by atoms with E-state index in [-0.39, 0.29) is 0 Å². The van der Waals surface area contributed by atoms with Crippen LogP contribution >= 0.6 is 0 Å². The smallest absolute Gasteiger partial charge is 0.0944 e. The van der Waals surface area contributed by atoms with Gasteiger partial charge >= 0.3 is 0 Å². The van der Waals surface area contributed by atoms with Crippen LogP contribution in [0.5, 0.6) is 0 Å². The highest BCUT2D eigenvalue weighted by Crippen LogP contribution is 2.21. The average molecular weight is 178 g/mol. The topological polar surface area (TPSA) is 15.3 Å². The molecule has 2 nitrogen and oxygen atoms in total. The number of likely N-dealkylation sites (tertiary alicyclic amines) is 1. The van der Waals surface area contributed by atoms with E-state index < -0.39 is 0 Å². The Balaban J connectivity index is 2.58. The lowest BCUT2D eigenvalue weighted by atomic mass is 10.2. The van der Waals surface area contributed by atoms with Crippen LogP contribution in [-0.4, -0.2) is 24.5 Å². The summed E-state index contributed by atoms with van der Waals surface area (Å²) in [5.74, 6) is 1.00. The molecule has 1 aliphatic rings. The summed E-state index contributed by atoms with van der Waals surface area (Å²) in [6, 6.07) is 0. The quantitative estimate of drug-likeness (QED) is 0.710. The molecule has 0 aromatic rings. The summed E-state index contributed by atoms with van der Waals surface area (Å²) in [5, 5.41) is 3.22. The minimum Gasteiger partial charge on any atom is -0.372 e. The molecule has 0 aromatic carbocycles. The molecule has 0 saturated carbocycles. The van der Waals surface area contributed by atoms with Gasteiger partial charge in [0.1, 0.15) is 0 Å². The molecule has 1 aliphatic heterocycles. The first-order chi connectivity index (χ1) is 6.19. The summed E-state index contributed by atoms with van der Waals surface area (Å²) in [6.07, 6.45) is 2.13. The Bertz CT molecular complexity index is 251. The first kappa shape index (κ1) is 9.90. The van der Waals surface area contributed by atoms with Gasteiger partial charge in [0.15, 0.2) is 0 Å². The Labute approximate surface area is 80.6 Å². The predicted octanol–water partition coefficient (Wildman–Crippen LogP) is 1.89. The first-order valence-electron chi connectivity index (χ1n) is 4.70. The van der Waals surface area contributed by atoms with Gasteiger partial charge in [0.05, 0.1) is 5.82 Å². The molecule has 0 bridgehead atoms. The lowest BCUT2D eigenvalue weighted by Crippen LogP contribution is -2.28. The second kappa shape index (κ2) is 4.17. The Morgan fingerprint density at radius 2 is 2.31 bits per heavy atom. The number of rotatable bonds is 3. The fourth-order valence-corrected chi connectivity index (χ4v) is 1.51. The number of nitrogens with one attached hydrogen (secondary N) is 1. The van der Waals surface area contributed by atoms with Crippen molar-refractivity contribution in [2.75, 3.05) is 19.6 Å². The van der Waals surface area contributed by atoms with Crippen molar-refractivity contribution in [3.8, 4) is 0 Å². The maximum Gasteiger partial charge on any atom is 0.0944 e. The zero-order valence-corrected chi connectivity index (χ0v) is 8.56. The third-order valence-electron chi connectivity index (χ3n) is 2.31. The van der Waals surface area contributed by atoms with Crippen molar-refractivity contribution in [1.82, 2.24) is 10.2 Å². The number of hydrogen-bond acceptors (Lipinski definition) is 2. The van der Waals surface area contributed by atoms with Crippen LogP contribution in [-0.2, 0) is 0 Å². The molecule has 0 radical (unpaired) electrons. The van der Waals surface area contributed by atoms with Crippen molar-refractivity contribution in [1.29, 1.82) is 0 Å². The molecule has 13 heavy (non-hydrogen) atoms. The van der Waals surface area contributed by atoms with Crippen LogP contribution in [0.15, 0.2) is 36.2 Å². The summed E-state index contributed by atoms with van der Waals surface area (Å²) < 4.78 is 0. The van der Waals surface area contributed by atoms with Crippen LogP contribution < -0.4 is 5.32 Å². The van der Waals surface area contributed by atoms with Crippen LogP contribution in [0.4, 0.5) is 0 Å². The molecule has 2 heteroatoms. The van der Waals surface area contributed by atoms with E-state index in [1.54, 1.807) is 0 Å². The van der Waals surface area contributed by atoms with Crippen molar-refractivity contribution < 1.29 is 0 Å². The minimum absolute atomic E-state index is 0.908. The lowest BCUT2D eigenvalue weighted by molar-refractivity contribution is 0.412. The van der Waals surface area contributed by atoms with Crippen LogP contribution in [0.25, 0.3) is 0 Å². The summed E-state index contributed by atoms with van der Waals surface area (Å²) in [7, 11) is 0. The Morgan fingerprint density at radius 1 is 1.62 bits per heavy atom. The molecule has 1 rings (SSSR count). The maximum absolute atomic E-state index is 4.02. The van der Waals surface area contributed by atoms with Gasteiger partial charge in [0.25, 0.3) is 0 Å². The molecule has 1 fully saturated rings.